The van der Waals surface area contributed by atoms with Crippen LogP contribution in [0.15, 0.2) is 11.6 Å². The largest absolute Gasteiger partial charge is 0.388 e. The summed E-state index contributed by atoms with van der Waals surface area (Å²) in [5.41, 5.74) is 1.42. The molecule has 1 nitrogen and oxygen atoms in total. The number of rotatable bonds is 0. The Balaban J connectivity index is 1.91. The topological polar surface area (TPSA) is 20.2 Å². The van der Waals surface area contributed by atoms with Crippen LogP contribution in [0.4, 0.5) is 0 Å². The molecule has 3 rings (SSSR count). The third kappa shape index (κ3) is 1.18. The van der Waals surface area contributed by atoms with Crippen molar-refractivity contribution in [2.75, 3.05) is 0 Å². The molecule has 1 N–H and O–H groups in total. The quantitative estimate of drug-likeness (QED) is 0.585. The van der Waals surface area contributed by atoms with Crippen LogP contribution < -0.4 is 0 Å². The van der Waals surface area contributed by atoms with Gasteiger partial charge in [0.2, 0.25) is 0 Å². The van der Waals surface area contributed by atoms with E-state index in [4.69, 9.17) is 0 Å². The Morgan fingerprint density at radius 3 is 2.64 bits per heavy atom. The van der Waals surface area contributed by atoms with Crippen molar-refractivity contribution in [2.24, 2.45) is 17.8 Å². The summed E-state index contributed by atoms with van der Waals surface area (Å²) in [5.74, 6) is 2.23. The van der Waals surface area contributed by atoms with E-state index in [0.29, 0.717) is 5.92 Å². The van der Waals surface area contributed by atoms with Crippen LogP contribution >= 0.6 is 0 Å². The highest BCUT2D eigenvalue weighted by Crippen LogP contribution is 2.52. The van der Waals surface area contributed by atoms with Gasteiger partial charge < -0.3 is 5.11 Å². The molecule has 0 bridgehead atoms. The van der Waals surface area contributed by atoms with Crippen LogP contribution in [0.5, 0.6) is 0 Å². The summed E-state index contributed by atoms with van der Waals surface area (Å²) >= 11 is 0. The summed E-state index contributed by atoms with van der Waals surface area (Å²) in [7, 11) is 0. The van der Waals surface area contributed by atoms with Crippen molar-refractivity contribution >= 4 is 0 Å². The lowest BCUT2D eigenvalue weighted by atomic mass is 9.75. The molecule has 0 heterocycles. The Morgan fingerprint density at radius 1 is 1.00 bits per heavy atom. The van der Waals surface area contributed by atoms with Gasteiger partial charge in [-0.15, -0.1) is 0 Å². The molecule has 0 aromatic heterocycles. The van der Waals surface area contributed by atoms with Gasteiger partial charge in [0.05, 0.1) is 6.10 Å². The Bertz CT molecular complexity index is 256. The van der Waals surface area contributed by atoms with Gasteiger partial charge >= 0.3 is 0 Å². The first-order valence-electron chi connectivity index (χ1n) is 6.26. The minimum atomic E-state index is -0.0643. The van der Waals surface area contributed by atoms with Crippen LogP contribution in [-0.4, -0.2) is 11.2 Å². The third-order valence-electron chi connectivity index (χ3n) is 4.67. The molecule has 0 spiro atoms. The molecule has 0 radical (unpaired) electrons. The highest BCUT2D eigenvalue weighted by atomic mass is 16.3. The van der Waals surface area contributed by atoms with Gasteiger partial charge in [-0.2, -0.15) is 0 Å². The normalized spacial score (nSPS) is 46.8. The predicted octanol–water partition coefficient (Wildman–Crippen LogP) is 2.89. The molecule has 2 fully saturated rings. The molecule has 0 aromatic carbocycles. The molecule has 0 aliphatic heterocycles. The summed E-state index contributed by atoms with van der Waals surface area (Å²) in [5, 5.41) is 10.3. The van der Waals surface area contributed by atoms with E-state index in [1.807, 2.05) is 0 Å². The van der Waals surface area contributed by atoms with Gasteiger partial charge in [0.15, 0.2) is 0 Å². The third-order valence-corrected chi connectivity index (χ3v) is 4.67. The van der Waals surface area contributed by atoms with Crippen molar-refractivity contribution in [3.8, 4) is 0 Å². The van der Waals surface area contributed by atoms with Crippen molar-refractivity contribution in [1.29, 1.82) is 0 Å². The molecule has 1 unspecified atom stereocenters. The Hall–Kier alpha value is -0.300. The lowest BCUT2D eigenvalue weighted by molar-refractivity contribution is 0.108. The molecule has 14 heavy (non-hydrogen) atoms. The number of hydrogen-bond donors (Lipinski definition) is 1. The highest BCUT2D eigenvalue weighted by molar-refractivity contribution is 5.24. The standard InChI is InChI=1S/C13H20O/c14-13-11-7-3-1-5-9(11)10-6-2-4-8-12(10)13/h7,9-10,12-14H,1-6,8H2/t9-,10+,12?,13-/m1/s1. The van der Waals surface area contributed by atoms with Gasteiger partial charge in [-0.05, 0) is 55.4 Å². The maximum absolute atomic E-state index is 10.3. The van der Waals surface area contributed by atoms with Crippen molar-refractivity contribution in [2.45, 2.75) is 51.0 Å². The molecule has 2 saturated carbocycles. The van der Waals surface area contributed by atoms with E-state index in [0.717, 1.165) is 11.8 Å². The molecular weight excluding hydrogens is 172 g/mol. The van der Waals surface area contributed by atoms with Crippen LogP contribution in [0.25, 0.3) is 0 Å². The summed E-state index contributed by atoms with van der Waals surface area (Å²) in [6.45, 7) is 0. The van der Waals surface area contributed by atoms with E-state index in [2.05, 4.69) is 6.08 Å². The van der Waals surface area contributed by atoms with Crippen LogP contribution in [0.1, 0.15) is 44.9 Å². The van der Waals surface area contributed by atoms with Gasteiger partial charge in [-0.1, -0.05) is 18.9 Å². The molecular formula is C13H20O. The number of aliphatic hydroxyl groups excluding tert-OH is 1. The first kappa shape index (κ1) is 8.96. The van der Waals surface area contributed by atoms with E-state index < -0.39 is 0 Å². The average molecular weight is 192 g/mol. The summed E-state index contributed by atoms with van der Waals surface area (Å²) in [6.07, 6.45) is 11.6. The van der Waals surface area contributed by atoms with Gasteiger partial charge in [-0.25, -0.2) is 0 Å². The molecule has 3 aliphatic rings. The van der Waals surface area contributed by atoms with Crippen LogP contribution in [0.3, 0.4) is 0 Å². The Kier molecular flexibility index (Phi) is 2.16. The molecule has 0 saturated heterocycles. The summed E-state index contributed by atoms with van der Waals surface area (Å²) in [6, 6.07) is 0. The lowest BCUT2D eigenvalue weighted by Crippen LogP contribution is -2.23. The maximum atomic E-state index is 10.3. The number of aliphatic hydroxyl groups is 1. The van der Waals surface area contributed by atoms with Crippen molar-refractivity contribution in [3.63, 3.8) is 0 Å². The minimum absolute atomic E-state index is 0.0643. The van der Waals surface area contributed by atoms with Crippen LogP contribution in [0.2, 0.25) is 0 Å². The smallest absolute Gasteiger partial charge is 0.0783 e. The maximum Gasteiger partial charge on any atom is 0.0783 e. The SMILES string of the molecule is O[C@@H]1C2=CCCC[C@@H]2[C@@H]2CCCCC12. The number of allylic oxidation sites excluding steroid dienone is 1. The average Bonchev–Trinajstić information content (AvgIpc) is 2.55. The monoisotopic (exact) mass is 192 g/mol. The summed E-state index contributed by atoms with van der Waals surface area (Å²) in [4.78, 5) is 0. The number of hydrogen-bond acceptors (Lipinski definition) is 1. The van der Waals surface area contributed by atoms with Gasteiger partial charge in [0.1, 0.15) is 0 Å². The predicted molar refractivity (Wildman–Crippen MR) is 56.9 cm³/mol. The van der Waals surface area contributed by atoms with Crippen LogP contribution in [0, 0.1) is 17.8 Å². The molecule has 1 heteroatoms. The molecule has 78 valence electrons. The first-order chi connectivity index (χ1) is 6.88. The summed E-state index contributed by atoms with van der Waals surface area (Å²) < 4.78 is 0. The minimum Gasteiger partial charge on any atom is -0.388 e. The van der Waals surface area contributed by atoms with E-state index in [1.54, 1.807) is 0 Å². The van der Waals surface area contributed by atoms with E-state index in [1.165, 1.54) is 50.5 Å². The zero-order chi connectivity index (χ0) is 9.54. The second-order valence-electron chi connectivity index (χ2n) is 5.30. The van der Waals surface area contributed by atoms with Gasteiger partial charge in [0.25, 0.3) is 0 Å². The molecule has 0 aromatic rings. The Morgan fingerprint density at radius 2 is 1.79 bits per heavy atom. The first-order valence-corrected chi connectivity index (χ1v) is 6.26. The van der Waals surface area contributed by atoms with E-state index >= 15 is 0 Å². The fraction of sp³-hybridized carbons (Fsp3) is 0.846. The molecule has 0 amide bonds. The number of fused-ring (bicyclic) bond motifs is 3. The lowest BCUT2D eigenvalue weighted by Gasteiger charge is -2.29. The fourth-order valence-corrected chi connectivity index (χ4v) is 4.05. The molecule has 4 atom stereocenters. The zero-order valence-corrected chi connectivity index (χ0v) is 8.78. The van der Waals surface area contributed by atoms with Crippen LogP contribution in [-0.2, 0) is 0 Å². The van der Waals surface area contributed by atoms with Crippen molar-refractivity contribution < 1.29 is 5.11 Å². The van der Waals surface area contributed by atoms with Crippen molar-refractivity contribution in [3.05, 3.63) is 11.6 Å². The second-order valence-corrected chi connectivity index (χ2v) is 5.30. The second kappa shape index (κ2) is 3.37. The van der Waals surface area contributed by atoms with E-state index in [9.17, 15) is 5.11 Å². The highest BCUT2D eigenvalue weighted by Gasteiger charge is 2.46. The molecule has 3 aliphatic carbocycles. The van der Waals surface area contributed by atoms with Gasteiger partial charge in [0, 0.05) is 0 Å². The van der Waals surface area contributed by atoms with E-state index in [-0.39, 0.29) is 6.10 Å². The van der Waals surface area contributed by atoms with Gasteiger partial charge in [-0.3, -0.25) is 0 Å². The van der Waals surface area contributed by atoms with Crippen molar-refractivity contribution in [1.82, 2.24) is 0 Å². The Labute approximate surface area is 86.2 Å². The zero-order valence-electron chi connectivity index (χ0n) is 8.78. The fourth-order valence-electron chi connectivity index (χ4n) is 4.05.